The SMILES string of the molecule is CN1[C@@H]2CC[C@H]1CC(C#N)(NC(=O)c1ccc(Cl)cc1)C2. The molecular weight excluding hydrogens is 286 g/mol. The summed E-state index contributed by atoms with van der Waals surface area (Å²) in [6, 6.07) is 9.91. The molecule has 2 saturated heterocycles. The Bertz CT molecular complexity index is 579. The second kappa shape index (κ2) is 5.32. The van der Waals surface area contributed by atoms with Gasteiger partial charge in [0.05, 0.1) is 6.07 Å². The fourth-order valence-electron chi connectivity index (χ4n) is 3.58. The highest BCUT2D eigenvalue weighted by molar-refractivity contribution is 6.30. The van der Waals surface area contributed by atoms with Crippen LogP contribution in [0.3, 0.4) is 0 Å². The minimum Gasteiger partial charge on any atom is -0.334 e. The topological polar surface area (TPSA) is 56.1 Å². The van der Waals surface area contributed by atoms with E-state index in [0.717, 1.165) is 12.8 Å². The lowest BCUT2D eigenvalue weighted by atomic mass is 9.84. The summed E-state index contributed by atoms with van der Waals surface area (Å²) in [4.78, 5) is 14.7. The average Bonchev–Trinajstić information content (AvgIpc) is 2.71. The van der Waals surface area contributed by atoms with Crippen molar-refractivity contribution in [1.29, 1.82) is 5.26 Å². The molecule has 1 amide bonds. The quantitative estimate of drug-likeness (QED) is 0.913. The average molecular weight is 304 g/mol. The number of amides is 1. The maximum Gasteiger partial charge on any atom is 0.252 e. The minimum atomic E-state index is -0.741. The number of fused-ring (bicyclic) bond motifs is 2. The Kier molecular flexibility index (Phi) is 3.64. The van der Waals surface area contributed by atoms with Crippen molar-refractivity contribution in [1.82, 2.24) is 10.2 Å². The van der Waals surface area contributed by atoms with Crippen LogP contribution in [0.2, 0.25) is 5.02 Å². The van der Waals surface area contributed by atoms with Crippen LogP contribution in [0.4, 0.5) is 0 Å². The maximum absolute atomic E-state index is 12.4. The molecule has 3 atom stereocenters. The number of carbonyl (C=O) groups is 1. The monoisotopic (exact) mass is 303 g/mol. The number of carbonyl (C=O) groups excluding carboxylic acids is 1. The fourth-order valence-corrected chi connectivity index (χ4v) is 3.71. The normalized spacial score (nSPS) is 31.7. The van der Waals surface area contributed by atoms with Crippen LogP contribution in [0.15, 0.2) is 24.3 Å². The zero-order valence-electron chi connectivity index (χ0n) is 12.0. The summed E-state index contributed by atoms with van der Waals surface area (Å²) < 4.78 is 0. The maximum atomic E-state index is 12.4. The van der Waals surface area contributed by atoms with Gasteiger partial charge in [-0.05, 0) is 57.0 Å². The minimum absolute atomic E-state index is 0.197. The van der Waals surface area contributed by atoms with Crippen molar-refractivity contribution in [2.24, 2.45) is 0 Å². The van der Waals surface area contributed by atoms with E-state index in [9.17, 15) is 10.1 Å². The highest BCUT2D eigenvalue weighted by Crippen LogP contribution is 2.39. The summed E-state index contributed by atoms with van der Waals surface area (Å²) in [6.45, 7) is 0. The lowest BCUT2D eigenvalue weighted by Crippen LogP contribution is -2.57. The molecule has 1 unspecified atom stereocenters. The Morgan fingerprint density at radius 1 is 1.33 bits per heavy atom. The van der Waals surface area contributed by atoms with Crippen LogP contribution in [0.25, 0.3) is 0 Å². The van der Waals surface area contributed by atoms with Crippen molar-refractivity contribution < 1.29 is 4.79 Å². The predicted molar refractivity (Wildman–Crippen MR) is 81.1 cm³/mol. The molecule has 0 radical (unpaired) electrons. The van der Waals surface area contributed by atoms with Gasteiger partial charge in [0.2, 0.25) is 0 Å². The van der Waals surface area contributed by atoms with Crippen LogP contribution >= 0.6 is 11.6 Å². The standard InChI is InChI=1S/C16H18ClN3O/c1-20-13-6-7-14(20)9-16(8-13,10-18)19-15(21)11-2-4-12(17)5-3-11/h2-5,13-14H,6-9H2,1H3,(H,19,21)/t13-,14+,16?. The molecule has 1 aromatic rings. The van der Waals surface area contributed by atoms with Gasteiger partial charge in [0.25, 0.3) is 5.91 Å². The van der Waals surface area contributed by atoms with Crippen LogP contribution in [0, 0.1) is 11.3 Å². The number of nitriles is 1. The Morgan fingerprint density at radius 2 is 1.90 bits per heavy atom. The van der Waals surface area contributed by atoms with Crippen LogP contribution in [-0.2, 0) is 0 Å². The van der Waals surface area contributed by atoms with Crippen LogP contribution in [0.5, 0.6) is 0 Å². The van der Waals surface area contributed by atoms with Gasteiger partial charge in [-0.3, -0.25) is 4.79 Å². The number of piperidine rings is 1. The van der Waals surface area contributed by atoms with E-state index in [0.29, 0.717) is 35.5 Å². The molecule has 0 aliphatic carbocycles. The van der Waals surface area contributed by atoms with Gasteiger partial charge in [-0.1, -0.05) is 11.6 Å². The van der Waals surface area contributed by atoms with E-state index in [1.807, 2.05) is 0 Å². The zero-order chi connectivity index (χ0) is 15.0. The Hall–Kier alpha value is -1.57. The van der Waals surface area contributed by atoms with Crippen LogP contribution in [0.1, 0.15) is 36.0 Å². The van der Waals surface area contributed by atoms with Gasteiger partial charge in [0.1, 0.15) is 5.54 Å². The van der Waals surface area contributed by atoms with Crippen molar-refractivity contribution in [2.45, 2.75) is 43.3 Å². The first-order valence-electron chi connectivity index (χ1n) is 7.24. The fraction of sp³-hybridized carbons (Fsp3) is 0.500. The Balaban J connectivity index is 1.78. The van der Waals surface area contributed by atoms with E-state index in [1.165, 1.54) is 0 Å². The number of rotatable bonds is 2. The third kappa shape index (κ3) is 2.64. The van der Waals surface area contributed by atoms with Gasteiger partial charge < -0.3 is 10.2 Å². The summed E-state index contributed by atoms with van der Waals surface area (Å²) in [7, 11) is 2.12. The summed E-state index contributed by atoms with van der Waals surface area (Å²) in [5, 5.41) is 13.2. The van der Waals surface area contributed by atoms with Gasteiger partial charge in [0.15, 0.2) is 0 Å². The van der Waals surface area contributed by atoms with Crippen LogP contribution in [-0.4, -0.2) is 35.5 Å². The molecule has 0 saturated carbocycles. The van der Waals surface area contributed by atoms with E-state index < -0.39 is 5.54 Å². The first-order chi connectivity index (χ1) is 10.0. The van der Waals surface area contributed by atoms with Gasteiger partial charge in [-0.15, -0.1) is 0 Å². The second-order valence-corrected chi connectivity index (χ2v) is 6.55. The molecular formula is C16H18ClN3O. The second-order valence-electron chi connectivity index (χ2n) is 6.11. The lowest BCUT2D eigenvalue weighted by molar-refractivity contribution is 0.0808. The molecule has 5 heteroatoms. The zero-order valence-corrected chi connectivity index (χ0v) is 12.7. The molecule has 2 bridgehead atoms. The molecule has 1 aromatic carbocycles. The number of nitrogens with one attached hydrogen (secondary N) is 1. The van der Waals surface area contributed by atoms with E-state index in [4.69, 9.17) is 11.6 Å². The van der Waals surface area contributed by atoms with Crippen LogP contribution < -0.4 is 5.32 Å². The van der Waals surface area contributed by atoms with Crippen molar-refractivity contribution in [2.75, 3.05) is 7.05 Å². The first-order valence-corrected chi connectivity index (χ1v) is 7.62. The van der Waals surface area contributed by atoms with E-state index in [1.54, 1.807) is 24.3 Å². The lowest BCUT2D eigenvalue weighted by Gasteiger charge is -2.41. The summed E-state index contributed by atoms with van der Waals surface area (Å²) in [5.74, 6) is -0.197. The summed E-state index contributed by atoms with van der Waals surface area (Å²) in [5.41, 5.74) is -0.199. The molecule has 0 spiro atoms. The van der Waals surface area contributed by atoms with Crippen molar-refractivity contribution >= 4 is 17.5 Å². The highest BCUT2D eigenvalue weighted by Gasteiger charge is 2.48. The van der Waals surface area contributed by atoms with Crippen molar-refractivity contribution in [3.63, 3.8) is 0 Å². The van der Waals surface area contributed by atoms with Crippen molar-refractivity contribution in [3.8, 4) is 6.07 Å². The molecule has 21 heavy (non-hydrogen) atoms. The number of nitrogens with zero attached hydrogens (tertiary/aromatic N) is 2. The first kappa shape index (κ1) is 14.4. The molecule has 2 aliphatic rings. The molecule has 2 aliphatic heterocycles. The number of hydrogen-bond acceptors (Lipinski definition) is 3. The van der Waals surface area contributed by atoms with E-state index in [2.05, 4.69) is 23.3 Å². The number of benzene rings is 1. The van der Waals surface area contributed by atoms with Gasteiger partial charge >= 0.3 is 0 Å². The van der Waals surface area contributed by atoms with Crippen molar-refractivity contribution in [3.05, 3.63) is 34.9 Å². The predicted octanol–water partition coefficient (Wildman–Crippen LogP) is 2.59. The molecule has 1 N–H and O–H groups in total. The summed E-state index contributed by atoms with van der Waals surface area (Å²) in [6.07, 6.45) is 3.63. The smallest absolute Gasteiger partial charge is 0.252 e. The Morgan fingerprint density at radius 3 is 2.43 bits per heavy atom. The third-order valence-electron chi connectivity index (χ3n) is 4.83. The van der Waals surface area contributed by atoms with E-state index in [-0.39, 0.29) is 5.91 Å². The third-order valence-corrected chi connectivity index (χ3v) is 5.08. The molecule has 3 rings (SSSR count). The van der Waals surface area contributed by atoms with Gasteiger partial charge in [-0.2, -0.15) is 5.26 Å². The highest BCUT2D eigenvalue weighted by atomic mass is 35.5. The largest absolute Gasteiger partial charge is 0.334 e. The Labute approximate surface area is 129 Å². The molecule has 2 heterocycles. The van der Waals surface area contributed by atoms with Gasteiger partial charge in [-0.25, -0.2) is 0 Å². The van der Waals surface area contributed by atoms with Gasteiger partial charge in [0, 0.05) is 22.7 Å². The number of hydrogen-bond donors (Lipinski definition) is 1. The van der Waals surface area contributed by atoms with E-state index >= 15 is 0 Å². The summed E-state index contributed by atoms with van der Waals surface area (Å²) >= 11 is 5.84. The molecule has 2 fully saturated rings. The number of halogens is 1. The molecule has 0 aromatic heterocycles. The molecule has 110 valence electrons. The molecule has 4 nitrogen and oxygen atoms in total.